The predicted octanol–water partition coefficient (Wildman–Crippen LogP) is 2.44. The molecule has 3 heteroatoms. The highest BCUT2D eigenvalue weighted by atomic mass is 16.1. The first-order chi connectivity index (χ1) is 7.75. The second kappa shape index (κ2) is 4.57. The van der Waals surface area contributed by atoms with Crippen LogP contribution < -0.4 is 5.32 Å². The van der Waals surface area contributed by atoms with Gasteiger partial charge in [-0.15, -0.1) is 0 Å². The lowest BCUT2D eigenvalue weighted by molar-refractivity contribution is 0.102. The van der Waals surface area contributed by atoms with E-state index in [1.807, 2.05) is 19.1 Å². The Morgan fingerprint density at radius 3 is 2.94 bits per heavy atom. The van der Waals surface area contributed by atoms with E-state index in [1.165, 1.54) is 0 Å². The number of pyridine rings is 1. The number of aromatic nitrogens is 1. The van der Waals surface area contributed by atoms with E-state index < -0.39 is 0 Å². The van der Waals surface area contributed by atoms with Gasteiger partial charge in [0.1, 0.15) is 5.82 Å². The molecule has 0 spiro atoms. The van der Waals surface area contributed by atoms with Crippen molar-refractivity contribution in [2.45, 2.75) is 6.92 Å². The molecule has 0 aliphatic carbocycles. The molecule has 0 aliphatic heterocycles. The highest BCUT2D eigenvalue weighted by molar-refractivity contribution is 6.03. The molecule has 1 amide bonds. The molecule has 2 aromatic rings. The Balaban J connectivity index is 2.15. The Morgan fingerprint density at radius 2 is 2.25 bits per heavy atom. The second-order valence-corrected chi connectivity index (χ2v) is 3.45. The van der Waals surface area contributed by atoms with Crippen LogP contribution in [0.5, 0.6) is 0 Å². The van der Waals surface area contributed by atoms with E-state index >= 15 is 0 Å². The molecule has 2 rings (SSSR count). The molecule has 0 saturated heterocycles. The molecule has 1 aromatic carbocycles. The second-order valence-electron chi connectivity index (χ2n) is 3.45. The van der Waals surface area contributed by atoms with E-state index in [2.05, 4.69) is 16.4 Å². The number of hydrogen-bond donors (Lipinski definition) is 1. The van der Waals surface area contributed by atoms with Crippen molar-refractivity contribution < 1.29 is 4.79 Å². The van der Waals surface area contributed by atoms with Crippen molar-refractivity contribution in [3.05, 3.63) is 59.8 Å². The van der Waals surface area contributed by atoms with Gasteiger partial charge in [0, 0.05) is 11.8 Å². The lowest BCUT2D eigenvalue weighted by atomic mass is 10.1. The van der Waals surface area contributed by atoms with E-state index in [1.54, 1.807) is 30.5 Å². The first-order valence-corrected chi connectivity index (χ1v) is 4.96. The molecule has 16 heavy (non-hydrogen) atoms. The highest BCUT2D eigenvalue weighted by Crippen LogP contribution is 2.07. The average molecular weight is 211 g/mol. The number of nitrogens with one attached hydrogen (secondary N) is 1. The number of carbonyl (C=O) groups excluding carboxylic acids is 1. The van der Waals surface area contributed by atoms with Crippen LogP contribution in [0.15, 0.2) is 42.6 Å². The number of rotatable bonds is 2. The zero-order valence-corrected chi connectivity index (χ0v) is 8.90. The minimum atomic E-state index is -0.192. The van der Waals surface area contributed by atoms with E-state index in [4.69, 9.17) is 0 Å². The quantitative estimate of drug-likeness (QED) is 0.829. The largest absolute Gasteiger partial charge is 0.307 e. The molecule has 1 heterocycles. The minimum Gasteiger partial charge on any atom is -0.307 e. The molecule has 0 saturated carbocycles. The topological polar surface area (TPSA) is 42.0 Å². The molecule has 1 aromatic heterocycles. The van der Waals surface area contributed by atoms with Gasteiger partial charge in [-0.05, 0) is 31.2 Å². The van der Waals surface area contributed by atoms with Gasteiger partial charge in [0.25, 0.3) is 5.91 Å². The van der Waals surface area contributed by atoms with Crippen molar-refractivity contribution in [2.75, 3.05) is 5.32 Å². The van der Waals surface area contributed by atoms with Gasteiger partial charge < -0.3 is 5.32 Å². The summed E-state index contributed by atoms with van der Waals surface area (Å²) >= 11 is 0. The smallest absolute Gasteiger partial charge is 0.257 e. The van der Waals surface area contributed by atoms with Crippen LogP contribution in [-0.4, -0.2) is 10.9 Å². The van der Waals surface area contributed by atoms with Gasteiger partial charge in [-0.3, -0.25) is 4.79 Å². The Morgan fingerprint density at radius 1 is 1.38 bits per heavy atom. The summed E-state index contributed by atoms with van der Waals surface area (Å²) in [7, 11) is 0. The molecule has 0 fully saturated rings. The summed E-state index contributed by atoms with van der Waals surface area (Å²) in [5.41, 5.74) is 1.55. The number of aryl methyl sites for hydroxylation is 1. The Bertz CT molecular complexity index is 494. The van der Waals surface area contributed by atoms with Gasteiger partial charge in [0.15, 0.2) is 0 Å². The third kappa shape index (κ3) is 2.45. The van der Waals surface area contributed by atoms with E-state index in [0.717, 1.165) is 5.56 Å². The number of hydrogen-bond acceptors (Lipinski definition) is 2. The van der Waals surface area contributed by atoms with Crippen LogP contribution in [0.2, 0.25) is 0 Å². The first-order valence-electron chi connectivity index (χ1n) is 4.96. The number of nitrogens with zero attached hydrogens (tertiary/aromatic N) is 1. The van der Waals surface area contributed by atoms with Crippen LogP contribution in [0.1, 0.15) is 15.9 Å². The molecule has 1 N–H and O–H groups in total. The van der Waals surface area contributed by atoms with Gasteiger partial charge in [-0.2, -0.15) is 0 Å². The Labute approximate surface area is 94.1 Å². The van der Waals surface area contributed by atoms with E-state index in [0.29, 0.717) is 11.4 Å². The Hall–Kier alpha value is -2.16. The molecule has 0 atom stereocenters. The van der Waals surface area contributed by atoms with Crippen molar-refractivity contribution in [1.29, 1.82) is 0 Å². The predicted molar refractivity (Wildman–Crippen MR) is 62.2 cm³/mol. The lowest BCUT2D eigenvalue weighted by Crippen LogP contribution is -2.12. The number of anilines is 1. The third-order valence-electron chi connectivity index (χ3n) is 2.11. The number of carbonyl (C=O) groups is 1. The van der Waals surface area contributed by atoms with Crippen LogP contribution in [0.3, 0.4) is 0 Å². The Kier molecular flexibility index (Phi) is 2.96. The molecule has 1 radical (unpaired) electrons. The summed E-state index contributed by atoms with van der Waals surface area (Å²) in [5.74, 6) is 0.352. The summed E-state index contributed by atoms with van der Waals surface area (Å²) in [5, 5.41) is 2.70. The van der Waals surface area contributed by atoms with Crippen LogP contribution in [-0.2, 0) is 0 Å². The summed E-state index contributed by atoms with van der Waals surface area (Å²) in [6, 6.07) is 13.7. The van der Waals surface area contributed by atoms with Crippen molar-refractivity contribution in [3.63, 3.8) is 0 Å². The van der Waals surface area contributed by atoms with Gasteiger partial charge in [0.05, 0.1) is 0 Å². The number of benzene rings is 1. The van der Waals surface area contributed by atoms with Gasteiger partial charge >= 0.3 is 0 Å². The van der Waals surface area contributed by atoms with Crippen molar-refractivity contribution in [1.82, 2.24) is 4.98 Å². The van der Waals surface area contributed by atoms with Crippen LogP contribution in [0.25, 0.3) is 0 Å². The number of amides is 1. The molecule has 0 unspecified atom stereocenters. The normalized spacial score (nSPS) is 9.81. The summed E-state index contributed by atoms with van der Waals surface area (Å²) < 4.78 is 0. The lowest BCUT2D eigenvalue weighted by Gasteiger charge is -2.03. The van der Waals surface area contributed by atoms with Gasteiger partial charge in [-0.25, -0.2) is 4.98 Å². The van der Waals surface area contributed by atoms with Crippen molar-refractivity contribution in [3.8, 4) is 0 Å². The molecule has 0 aliphatic rings. The molecular formula is C13H11N2O. The standard InChI is InChI=1S/C13H11N2O/c1-10-5-4-6-11(9-10)13(16)15-12-7-2-3-8-14-12/h2-5,7-9H,1H3,(H,14,15,16). The molecule has 79 valence electrons. The summed E-state index contributed by atoms with van der Waals surface area (Å²) in [4.78, 5) is 15.8. The zero-order chi connectivity index (χ0) is 11.4. The first kappa shape index (κ1) is 10.4. The van der Waals surface area contributed by atoms with Crippen molar-refractivity contribution >= 4 is 11.7 Å². The molecule has 3 nitrogen and oxygen atoms in total. The minimum absolute atomic E-state index is 0.192. The van der Waals surface area contributed by atoms with Crippen LogP contribution in [0, 0.1) is 13.0 Å². The summed E-state index contributed by atoms with van der Waals surface area (Å²) in [6.07, 6.45) is 1.63. The average Bonchev–Trinajstić information content (AvgIpc) is 2.30. The van der Waals surface area contributed by atoms with Crippen LogP contribution >= 0.6 is 0 Å². The monoisotopic (exact) mass is 211 g/mol. The summed E-state index contributed by atoms with van der Waals surface area (Å²) in [6.45, 7) is 1.94. The SMILES string of the molecule is Cc1cc[c]c(C(=O)Nc2ccccn2)c1. The van der Waals surface area contributed by atoms with Gasteiger partial charge in [-0.1, -0.05) is 23.8 Å². The highest BCUT2D eigenvalue weighted by Gasteiger charge is 2.06. The maximum absolute atomic E-state index is 11.8. The fraction of sp³-hybridized carbons (Fsp3) is 0.0769. The fourth-order valence-electron chi connectivity index (χ4n) is 1.33. The maximum atomic E-state index is 11.8. The van der Waals surface area contributed by atoms with Crippen molar-refractivity contribution in [2.24, 2.45) is 0 Å². The van der Waals surface area contributed by atoms with Crippen LogP contribution in [0.4, 0.5) is 5.82 Å². The van der Waals surface area contributed by atoms with E-state index in [9.17, 15) is 4.79 Å². The third-order valence-corrected chi connectivity index (χ3v) is 2.11. The molecular weight excluding hydrogens is 200 g/mol. The van der Waals surface area contributed by atoms with E-state index in [-0.39, 0.29) is 5.91 Å². The fourth-order valence-corrected chi connectivity index (χ4v) is 1.33. The maximum Gasteiger partial charge on any atom is 0.257 e. The molecule has 0 bridgehead atoms. The zero-order valence-electron chi connectivity index (χ0n) is 8.90. The van der Waals surface area contributed by atoms with Gasteiger partial charge in [0.2, 0.25) is 0 Å².